The Morgan fingerprint density at radius 1 is 0.881 bits per heavy atom. The molecule has 0 aliphatic heterocycles. The fourth-order valence-electron chi connectivity index (χ4n) is 5.16. The van der Waals surface area contributed by atoms with Crippen LogP contribution in [-0.4, -0.2) is 53.0 Å². The van der Waals surface area contributed by atoms with E-state index in [9.17, 15) is 19.1 Å². The third-order valence-electron chi connectivity index (χ3n) is 7.23. The van der Waals surface area contributed by atoms with Crippen LogP contribution in [0.2, 0.25) is 0 Å². The standard InChI is InChI=1S/C31H29FN2O7S/c1-38-25-11-9-19(15-22(25)32)29(35)21(28(31(36)37)18-8-10-23-24(16-18)34-42-33-23)12-17-13-26(39-2)30(27(14-17)40-3)41-20-6-4-5-7-20/h8-11,13-16,20H,4-7,12H2,1-3H3,(H,36,37)/b28-21+. The number of rotatable bonds is 11. The Labute approximate surface area is 245 Å². The molecule has 1 N–H and O–H groups in total. The molecule has 1 aromatic heterocycles. The molecule has 0 saturated heterocycles. The number of ether oxygens (including phenoxy) is 4. The third kappa shape index (κ3) is 5.91. The number of methoxy groups -OCH3 is 3. The molecular formula is C31H29FN2O7S. The number of fused-ring (bicyclic) bond motifs is 1. The summed E-state index contributed by atoms with van der Waals surface area (Å²) in [6.45, 7) is 0. The number of aromatic nitrogens is 2. The molecule has 0 spiro atoms. The summed E-state index contributed by atoms with van der Waals surface area (Å²) in [5, 5.41) is 10.4. The number of nitrogens with zero attached hydrogens (tertiary/aromatic N) is 2. The number of carbonyl (C=O) groups is 2. The molecule has 4 aromatic rings. The van der Waals surface area contributed by atoms with Crippen LogP contribution in [0.5, 0.6) is 23.0 Å². The van der Waals surface area contributed by atoms with Crippen molar-refractivity contribution in [1.82, 2.24) is 8.75 Å². The minimum atomic E-state index is -1.32. The fraction of sp³-hybridized carbons (Fsp3) is 0.290. The van der Waals surface area contributed by atoms with Crippen molar-refractivity contribution in [2.24, 2.45) is 0 Å². The number of ketones is 1. The second kappa shape index (κ2) is 12.6. The minimum absolute atomic E-state index is 0.0291. The number of hydrogen-bond donors (Lipinski definition) is 1. The second-order valence-corrected chi connectivity index (χ2v) is 10.4. The zero-order chi connectivity index (χ0) is 29.8. The van der Waals surface area contributed by atoms with Crippen molar-refractivity contribution in [3.63, 3.8) is 0 Å². The van der Waals surface area contributed by atoms with E-state index in [1.165, 1.54) is 33.5 Å². The van der Waals surface area contributed by atoms with E-state index < -0.39 is 17.6 Å². The van der Waals surface area contributed by atoms with Crippen LogP contribution in [0, 0.1) is 5.82 Å². The molecule has 9 nitrogen and oxygen atoms in total. The van der Waals surface area contributed by atoms with Gasteiger partial charge in [-0.1, -0.05) is 6.07 Å². The van der Waals surface area contributed by atoms with E-state index in [1.54, 1.807) is 30.3 Å². The Kier molecular flexibility index (Phi) is 8.67. The van der Waals surface area contributed by atoms with Crippen LogP contribution < -0.4 is 18.9 Å². The van der Waals surface area contributed by atoms with Gasteiger partial charge >= 0.3 is 5.97 Å². The van der Waals surface area contributed by atoms with Crippen molar-refractivity contribution < 1.29 is 38.0 Å². The summed E-state index contributed by atoms with van der Waals surface area (Å²) in [6.07, 6.45) is 3.92. The van der Waals surface area contributed by atoms with Gasteiger partial charge in [-0.25, -0.2) is 9.18 Å². The molecule has 0 atom stereocenters. The van der Waals surface area contributed by atoms with Gasteiger partial charge in [0.25, 0.3) is 0 Å². The molecule has 42 heavy (non-hydrogen) atoms. The Bertz CT molecular complexity index is 1650. The molecule has 0 unspecified atom stereocenters. The van der Waals surface area contributed by atoms with Gasteiger partial charge in [0.1, 0.15) is 11.0 Å². The van der Waals surface area contributed by atoms with Crippen LogP contribution in [0.4, 0.5) is 4.39 Å². The molecule has 1 fully saturated rings. The van der Waals surface area contributed by atoms with E-state index in [2.05, 4.69) is 8.75 Å². The molecule has 5 rings (SSSR count). The van der Waals surface area contributed by atoms with Gasteiger partial charge in [-0.3, -0.25) is 4.79 Å². The lowest BCUT2D eigenvalue weighted by molar-refractivity contribution is -0.130. The topological polar surface area (TPSA) is 117 Å². The largest absolute Gasteiger partial charge is 0.494 e. The highest BCUT2D eigenvalue weighted by molar-refractivity contribution is 7.00. The normalized spacial score (nSPS) is 14.0. The highest BCUT2D eigenvalue weighted by Gasteiger charge is 2.27. The van der Waals surface area contributed by atoms with Crippen molar-refractivity contribution >= 4 is 40.1 Å². The predicted octanol–water partition coefficient (Wildman–Crippen LogP) is 6.14. The smallest absolute Gasteiger partial charge is 0.336 e. The SMILES string of the molecule is COc1ccc(C(=O)/C(Cc2cc(OC)c(OC3CCCC3)c(OC)c2)=C(/C(=O)O)c2ccc3nsnc3c2)cc1F. The van der Waals surface area contributed by atoms with Gasteiger partial charge in [0.15, 0.2) is 28.8 Å². The Morgan fingerprint density at radius 2 is 1.52 bits per heavy atom. The zero-order valence-corrected chi connectivity index (χ0v) is 24.1. The summed E-state index contributed by atoms with van der Waals surface area (Å²) >= 11 is 0.998. The van der Waals surface area contributed by atoms with Gasteiger partial charge in [0, 0.05) is 17.6 Å². The molecule has 11 heteroatoms. The number of aliphatic carboxylic acids is 1. The predicted molar refractivity (Wildman–Crippen MR) is 155 cm³/mol. The lowest BCUT2D eigenvalue weighted by Crippen LogP contribution is -2.15. The average molecular weight is 593 g/mol. The summed E-state index contributed by atoms with van der Waals surface area (Å²) in [5.41, 5.74) is 1.56. The number of carboxylic acid groups (broad SMARTS) is 1. The summed E-state index contributed by atoms with van der Waals surface area (Å²) in [5.74, 6) is -1.53. The van der Waals surface area contributed by atoms with Gasteiger partial charge in [0.2, 0.25) is 5.75 Å². The molecule has 1 heterocycles. The van der Waals surface area contributed by atoms with E-state index >= 15 is 0 Å². The van der Waals surface area contributed by atoms with Crippen LogP contribution >= 0.6 is 11.7 Å². The van der Waals surface area contributed by atoms with E-state index in [0.29, 0.717) is 33.8 Å². The number of benzene rings is 3. The van der Waals surface area contributed by atoms with E-state index in [4.69, 9.17) is 18.9 Å². The van der Waals surface area contributed by atoms with Crippen molar-refractivity contribution in [2.75, 3.05) is 21.3 Å². The number of halogens is 1. The van der Waals surface area contributed by atoms with Crippen molar-refractivity contribution in [2.45, 2.75) is 38.2 Å². The first-order valence-corrected chi connectivity index (χ1v) is 14.0. The quantitative estimate of drug-likeness (QED) is 0.162. The average Bonchev–Trinajstić information content (AvgIpc) is 3.68. The van der Waals surface area contributed by atoms with Crippen LogP contribution in [0.25, 0.3) is 16.6 Å². The van der Waals surface area contributed by atoms with Gasteiger partial charge < -0.3 is 24.1 Å². The molecule has 1 aliphatic carbocycles. The maximum Gasteiger partial charge on any atom is 0.336 e. The van der Waals surface area contributed by atoms with Gasteiger partial charge in [-0.15, -0.1) is 0 Å². The first-order chi connectivity index (χ1) is 20.3. The minimum Gasteiger partial charge on any atom is -0.494 e. The molecule has 0 radical (unpaired) electrons. The molecule has 1 saturated carbocycles. The fourth-order valence-corrected chi connectivity index (χ4v) is 5.68. The zero-order valence-electron chi connectivity index (χ0n) is 23.3. The summed E-state index contributed by atoms with van der Waals surface area (Å²) in [4.78, 5) is 26.8. The summed E-state index contributed by atoms with van der Waals surface area (Å²) in [7, 11) is 4.32. The number of allylic oxidation sites excluding steroid dienone is 1. The highest BCUT2D eigenvalue weighted by atomic mass is 32.1. The third-order valence-corrected chi connectivity index (χ3v) is 7.79. The molecule has 0 bridgehead atoms. The first kappa shape index (κ1) is 29.0. The van der Waals surface area contributed by atoms with Crippen molar-refractivity contribution in [3.05, 3.63) is 76.6 Å². The van der Waals surface area contributed by atoms with Gasteiger partial charge in [0.05, 0.1) is 44.7 Å². The van der Waals surface area contributed by atoms with Crippen molar-refractivity contribution in [3.8, 4) is 23.0 Å². The Balaban J connectivity index is 1.65. The lowest BCUT2D eigenvalue weighted by atomic mass is 9.89. The Hall–Kier alpha value is -4.51. The highest BCUT2D eigenvalue weighted by Crippen LogP contribution is 2.42. The summed E-state index contributed by atoms with van der Waals surface area (Å²) < 4.78 is 45.5. The summed E-state index contributed by atoms with van der Waals surface area (Å²) in [6, 6.07) is 12.0. The molecule has 0 amide bonds. The van der Waals surface area contributed by atoms with E-state index in [0.717, 1.165) is 43.5 Å². The lowest BCUT2D eigenvalue weighted by Gasteiger charge is -2.20. The maximum atomic E-state index is 14.7. The Morgan fingerprint density at radius 3 is 2.14 bits per heavy atom. The van der Waals surface area contributed by atoms with Crippen LogP contribution in [0.1, 0.15) is 47.2 Å². The van der Waals surface area contributed by atoms with Crippen LogP contribution in [-0.2, 0) is 11.2 Å². The van der Waals surface area contributed by atoms with Gasteiger partial charge in [-0.2, -0.15) is 8.75 Å². The van der Waals surface area contributed by atoms with Crippen LogP contribution in [0.15, 0.2) is 54.1 Å². The van der Waals surface area contributed by atoms with Crippen LogP contribution in [0.3, 0.4) is 0 Å². The molecule has 1 aliphatic rings. The van der Waals surface area contributed by atoms with E-state index in [-0.39, 0.29) is 40.5 Å². The number of carbonyl (C=O) groups excluding carboxylic acids is 1. The number of hydrogen-bond acceptors (Lipinski definition) is 9. The van der Waals surface area contributed by atoms with Gasteiger partial charge in [-0.05, 0) is 79.3 Å². The monoisotopic (exact) mass is 592 g/mol. The molecular weight excluding hydrogens is 563 g/mol. The number of Topliss-reactive ketones (excluding diaryl/α,β-unsaturated/α-hetero) is 1. The molecule has 218 valence electrons. The molecule has 3 aromatic carbocycles. The van der Waals surface area contributed by atoms with Crippen molar-refractivity contribution in [1.29, 1.82) is 0 Å². The number of carboxylic acids is 1. The second-order valence-electron chi connectivity index (χ2n) is 9.84. The first-order valence-electron chi connectivity index (χ1n) is 13.3. The van der Waals surface area contributed by atoms with E-state index in [1.807, 2.05) is 0 Å². The maximum absolute atomic E-state index is 14.7.